The molecular weight excluding hydrogens is 416 g/mol. The fourth-order valence-corrected chi connectivity index (χ4v) is 3.12. The summed E-state index contributed by atoms with van der Waals surface area (Å²) in [4.78, 5) is 27.8. The normalized spacial score (nSPS) is 12.6. The molecule has 2 aromatic carbocycles. The number of rotatable bonds is 9. The average Bonchev–Trinajstić information content (AvgIpc) is 3.31. The first-order valence-electron chi connectivity index (χ1n) is 9.99. The Balaban J connectivity index is 1.88. The number of nitro benzene ring substituents is 1. The van der Waals surface area contributed by atoms with Crippen LogP contribution in [0, 0.1) is 16.0 Å². The number of methoxy groups -OCH3 is 2. The van der Waals surface area contributed by atoms with Crippen molar-refractivity contribution in [3.63, 3.8) is 0 Å². The van der Waals surface area contributed by atoms with Gasteiger partial charge < -0.3 is 19.3 Å². The molecule has 3 rings (SSSR count). The largest absolute Gasteiger partial charge is 0.493 e. The molecular formula is C22H24N4O6. The number of carbonyl (C=O) groups is 1. The van der Waals surface area contributed by atoms with E-state index in [1.807, 2.05) is 13.8 Å². The molecule has 1 aromatic heterocycles. The van der Waals surface area contributed by atoms with Gasteiger partial charge in [0, 0.05) is 23.3 Å². The maximum atomic E-state index is 12.8. The first-order valence-corrected chi connectivity index (χ1v) is 9.99. The zero-order chi connectivity index (χ0) is 23.3. The number of nitrogens with zero attached hydrogens (tertiary/aromatic N) is 3. The van der Waals surface area contributed by atoms with Crippen molar-refractivity contribution >= 4 is 11.6 Å². The number of hydrogen-bond donors (Lipinski definition) is 1. The summed E-state index contributed by atoms with van der Waals surface area (Å²) in [6, 6.07) is 10.2. The maximum absolute atomic E-state index is 12.8. The van der Waals surface area contributed by atoms with Gasteiger partial charge in [0.25, 0.3) is 11.6 Å². The number of benzene rings is 2. The highest BCUT2D eigenvalue weighted by Crippen LogP contribution is 2.32. The van der Waals surface area contributed by atoms with Crippen molar-refractivity contribution in [3.05, 3.63) is 64.0 Å². The lowest BCUT2D eigenvalue weighted by molar-refractivity contribution is -0.384. The third-order valence-electron chi connectivity index (χ3n) is 5.17. The zero-order valence-electron chi connectivity index (χ0n) is 18.2. The second kappa shape index (κ2) is 9.90. The van der Waals surface area contributed by atoms with E-state index in [-0.39, 0.29) is 23.1 Å². The van der Waals surface area contributed by atoms with Crippen LogP contribution >= 0.6 is 0 Å². The molecule has 1 N–H and O–H groups in total. The third kappa shape index (κ3) is 4.85. The number of nitrogens with one attached hydrogen (secondary N) is 1. The molecule has 0 aliphatic rings. The summed E-state index contributed by atoms with van der Waals surface area (Å²) in [5.74, 6) is 1.17. The van der Waals surface area contributed by atoms with E-state index >= 15 is 0 Å². The van der Waals surface area contributed by atoms with Crippen LogP contribution in [0.5, 0.6) is 11.5 Å². The van der Waals surface area contributed by atoms with Gasteiger partial charge >= 0.3 is 0 Å². The number of amides is 1. The van der Waals surface area contributed by atoms with Crippen LogP contribution in [0.2, 0.25) is 0 Å². The van der Waals surface area contributed by atoms with Gasteiger partial charge in [-0.05, 0) is 30.2 Å². The molecule has 2 atom stereocenters. The van der Waals surface area contributed by atoms with Crippen LogP contribution in [0.25, 0.3) is 11.4 Å². The predicted molar refractivity (Wildman–Crippen MR) is 116 cm³/mol. The number of nitro groups is 1. The van der Waals surface area contributed by atoms with Gasteiger partial charge in [-0.3, -0.25) is 14.9 Å². The Morgan fingerprint density at radius 1 is 1.19 bits per heavy atom. The molecule has 0 saturated heterocycles. The molecule has 0 spiro atoms. The lowest BCUT2D eigenvalue weighted by atomic mass is 9.98. The summed E-state index contributed by atoms with van der Waals surface area (Å²) in [6.07, 6.45) is 0.730. The highest BCUT2D eigenvalue weighted by molar-refractivity contribution is 5.95. The van der Waals surface area contributed by atoms with Crippen molar-refractivity contribution in [1.29, 1.82) is 0 Å². The Labute approximate surface area is 184 Å². The highest BCUT2D eigenvalue weighted by atomic mass is 16.6. The minimum Gasteiger partial charge on any atom is -0.493 e. The first kappa shape index (κ1) is 22.7. The Kier molecular flexibility index (Phi) is 7.04. The van der Waals surface area contributed by atoms with Crippen molar-refractivity contribution in [1.82, 2.24) is 15.5 Å². The predicted octanol–water partition coefficient (Wildman–Crippen LogP) is 4.18. The molecule has 0 bridgehead atoms. The van der Waals surface area contributed by atoms with Crippen LogP contribution in [0.4, 0.5) is 5.69 Å². The van der Waals surface area contributed by atoms with Gasteiger partial charge in [0.2, 0.25) is 11.7 Å². The van der Waals surface area contributed by atoms with Crippen molar-refractivity contribution in [2.45, 2.75) is 26.3 Å². The van der Waals surface area contributed by atoms with Crippen LogP contribution in [0.15, 0.2) is 47.0 Å². The number of hydrogen-bond acceptors (Lipinski definition) is 8. The van der Waals surface area contributed by atoms with Crippen molar-refractivity contribution < 1.29 is 23.7 Å². The molecule has 1 amide bonds. The van der Waals surface area contributed by atoms with Crippen LogP contribution in [0.3, 0.4) is 0 Å². The molecule has 1 heterocycles. The number of ether oxygens (including phenoxy) is 2. The van der Waals surface area contributed by atoms with Crippen LogP contribution in [0.1, 0.15) is 42.6 Å². The van der Waals surface area contributed by atoms with E-state index in [2.05, 4.69) is 15.5 Å². The van der Waals surface area contributed by atoms with Gasteiger partial charge in [0.05, 0.1) is 19.1 Å². The zero-order valence-corrected chi connectivity index (χ0v) is 18.2. The number of carbonyl (C=O) groups excluding carboxylic acids is 1. The van der Waals surface area contributed by atoms with E-state index in [1.165, 1.54) is 31.4 Å². The standard InChI is InChI=1S/C22H24N4O6/c1-5-13(2)19(23-21(27)15-7-6-8-16(11-15)26(28)29)22-24-20(25-32-22)14-9-10-17(30-3)18(12-14)31-4/h6-13,19H,5H2,1-4H3,(H,23,27). The van der Waals surface area contributed by atoms with Gasteiger partial charge in [-0.2, -0.15) is 4.98 Å². The Bertz CT molecular complexity index is 1110. The number of aromatic nitrogens is 2. The summed E-state index contributed by atoms with van der Waals surface area (Å²) in [7, 11) is 3.08. The van der Waals surface area contributed by atoms with Crippen molar-refractivity contribution in [3.8, 4) is 22.9 Å². The minimum absolute atomic E-state index is 0.0312. The maximum Gasteiger partial charge on any atom is 0.270 e. The molecule has 168 valence electrons. The molecule has 10 heteroatoms. The fraction of sp³-hybridized carbons (Fsp3) is 0.318. The Morgan fingerprint density at radius 3 is 2.59 bits per heavy atom. The van der Waals surface area contributed by atoms with E-state index in [1.54, 1.807) is 25.3 Å². The van der Waals surface area contributed by atoms with Crippen LogP contribution in [-0.4, -0.2) is 35.2 Å². The Morgan fingerprint density at radius 2 is 1.94 bits per heavy atom. The van der Waals surface area contributed by atoms with Crippen molar-refractivity contribution in [2.75, 3.05) is 14.2 Å². The molecule has 3 aromatic rings. The van der Waals surface area contributed by atoms with E-state index in [0.717, 1.165) is 6.42 Å². The van der Waals surface area contributed by atoms with E-state index in [4.69, 9.17) is 14.0 Å². The van der Waals surface area contributed by atoms with Crippen LogP contribution < -0.4 is 14.8 Å². The molecule has 0 saturated carbocycles. The third-order valence-corrected chi connectivity index (χ3v) is 5.17. The lowest BCUT2D eigenvalue weighted by Crippen LogP contribution is -2.32. The van der Waals surface area contributed by atoms with Gasteiger partial charge in [-0.15, -0.1) is 0 Å². The quantitative estimate of drug-likeness (QED) is 0.387. The van der Waals surface area contributed by atoms with E-state index in [0.29, 0.717) is 22.9 Å². The van der Waals surface area contributed by atoms with E-state index in [9.17, 15) is 14.9 Å². The smallest absolute Gasteiger partial charge is 0.270 e. The molecule has 0 aliphatic carbocycles. The number of non-ortho nitro benzene ring substituents is 1. The second-order valence-corrected chi connectivity index (χ2v) is 7.17. The summed E-state index contributed by atoms with van der Waals surface area (Å²) in [5.41, 5.74) is 0.670. The fourth-order valence-electron chi connectivity index (χ4n) is 3.12. The molecule has 2 unspecified atom stereocenters. The monoisotopic (exact) mass is 440 g/mol. The molecule has 0 aliphatic heterocycles. The molecule has 10 nitrogen and oxygen atoms in total. The molecule has 0 fully saturated rings. The second-order valence-electron chi connectivity index (χ2n) is 7.17. The van der Waals surface area contributed by atoms with Crippen LogP contribution in [-0.2, 0) is 0 Å². The Hall–Kier alpha value is -3.95. The van der Waals surface area contributed by atoms with Crippen molar-refractivity contribution in [2.24, 2.45) is 5.92 Å². The first-order chi connectivity index (χ1) is 15.4. The van der Waals surface area contributed by atoms with E-state index < -0.39 is 16.9 Å². The van der Waals surface area contributed by atoms with Gasteiger partial charge in [-0.25, -0.2) is 0 Å². The molecule has 0 radical (unpaired) electrons. The molecule has 32 heavy (non-hydrogen) atoms. The van der Waals surface area contributed by atoms with Gasteiger partial charge in [0.1, 0.15) is 6.04 Å². The topological polar surface area (TPSA) is 130 Å². The van der Waals surface area contributed by atoms with Gasteiger partial charge in [-0.1, -0.05) is 31.5 Å². The summed E-state index contributed by atoms with van der Waals surface area (Å²) >= 11 is 0. The summed E-state index contributed by atoms with van der Waals surface area (Å²) in [5, 5.41) is 17.9. The SMILES string of the molecule is CCC(C)C(NC(=O)c1cccc([N+](=O)[O-])c1)c1nc(-c2ccc(OC)c(OC)c2)no1. The van der Waals surface area contributed by atoms with Gasteiger partial charge in [0.15, 0.2) is 11.5 Å². The summed E-state index contributed by atoms with van der Waals surface area (Å²) < 4.78 is 16.0. The minimum atomic E-state index is -0.576. The highest BCUT2D eigenvalue weighted by Gasteiger charge is 2.27. The average molecular weight is 440 g/mol. The lowest BCUT2D eigenvalue weighted by Gasteiger charge is -2.20. The summed E-state index contributed by atoms with van der Waals surface area (Å²) in [6.45, 7) is 3.92.